The summed E-state index contributed by atoms with van der Waals surface area (Å²) in [5.41, 5.74) is 5.61. The average Bonchev–Trinajstić information content (AvgIpc) is 3.16. The number of fused-ring (bicyclic) bond motifs is 1. The first-order chi connectivity index (χ1) is 15.1. The lowest BCUT2D eigenvalue weighted by Gasteiger charge is -2.13. The molecular weight excluding hydrogens is 384 g/mol. The summed E-state index contributed by atoms with van der Waals surface area (Å²) in [5, 5.41) is 6.33. The van der Waals surface area contributed by atoms with Crippen LogP contribution in [0.4, 0.5) is 5.95 Å². The molecule has 1 aliphatic rings. The van der Waals surface area contributed by atoms with Gasteiger partial charge in [0.1, 0.15) is 0 Å². The molecule has 0 saturated heterocycles. The number of aromatic nitrogens is 2. The zero-order valence-corrected chi connectivity index (χ0v) is 17.9. The molecule has 4 rings (SSSR count). The molecule has 1 amide bonds. The summed E-state index contributed by atoms with van der Waals surface area (Å²) in [6.45, 7) is 3.54. The highest BCUT2D eigenvalue weighted by Gasteiger charge is 2.22. The second-order valence-electron chi connectivity index (χ2n) is 7.98. The summed E-state index contributed by atoms with van der Waals surface area (Å²) in [6, 6.07) is 17.0. The highest BCUT2D eigenvalue weighted by atomic mass is 16.1. The van der Waals surface area contributed by atoms with Crippen LogP contribution in [0.15, 0.2) is 60.9 Å². The quantitative estimate of drug-likeness (QED) is 0.623. The van der Waals surface area contributed by atoms with Gasteiger partial charge in [-0.3, -0.25) is 4.79 Å². The predicted octanol–water partition coefficient (Wildman–Crippen LogP) is 4.04. The Labute approximate surface area is 183 Å². The number of aryl methyl sites for hydroxylation is 1. The molecule has 0 aliphatic heterocycles. The van der Waals surface area contributed by atoms with E-state index in [1.165, 1.54) is 23.6 Å². The van der Waals surface area contributed by atoms with Crippen molar-refractivity contribution in [1.29, 1.82) is 0 Å². The highest BCUT2D eigenvalue weighted by Crippen LogP contribution is 2.32. The summed E-state index contributed by atoms with van der Waals surface area (Å²) in [7, 11) is 0. The minimum Gasteiger partial charge on any atom is -0.354 e. The van der Waals surface area contributed by atoms with Crippen molar-refractivity contribution in [2.45, 2.75) is 45.2 Å². The molecule has 0 bridgehead atoms. The highest BCUT2D eigenvalue weighted by molar-refractivity contribution is 5.73. The van der Waals surface area contributed by atoms with Crippen LogP contribution in [0, 0.1) is 11.8 Å². The minimum absolute atomic E-state index is 0.00789. The van der Waals surface area contributed by atoms with Gasteiger partial charge in [-0.05, 0) is 55.0 Å². The van der Waals surface area contributed by atoms with Crippen molar-refractivity contribution in [2.75, 3.05) is 5.32 Å². The Morgan fingerprint density at radius 3 is 2.52 bits per heavy atom. The number of rotatable bonds is 5. The number of carbonyl (C=O) groups excluding carboxylic acids is 1. The average molecular weight is 411 g/mol. The van der Waals surface area contributed by atoms with Crippen LogP contribution >= 0.6 is 0 Å². The van der Waals surface area contributed by atoms with Gasteiger partial charge in [0.15, 0.2) is 0 Å². The van der Waals surface area contributed by atoms with Gasteiger partial charge in [0.25, 0.3) is 0 Å². The molecule has 5 heteroatoms. The number of hydrogen-bond acceptors (Lipinski definition) is 4. The summed E-state index contributed by atoms with van der Waals surface area (Å²) in [4.78, 5) is 20.0. The van der Waals surface area contributed by atoms with E-state index in [-0.39, 0.29) is 18.0 Å². The third-order valence-electron chi connectivity index (χ3n) is 5.38. The fourth-order valence-corrected chi connectivity index (χ4v) is 3.95. The van der Waals surface area contributed by atoms with E-state index >= 15 is 0 Å². The summed E-state index contributed by atoms with van der Waals surface area (Å²) < 4.78 is 0. The molecule has 156 valence electrons. The lowest BCUT2D eigenvalue weighted by atomic mass is 10.1. The van der Waals surface area contributed by atoms with E-state index in [0.29, 0.717) is 5.95 Å². The zero-order valence-electron chi connectivity index (χ0n) is 17.9. The van der Waals surface area contributed by atoms with Gasteiger partial charge in [-0.15, -0.1) is 0 Å². The van der Waals surface area contributed by atoms with Crippen molar-refractivity contribution in [3.05, 3.63) is 88.7 Å². The Balaban J connectivity index is 1.35. The van der Waals surface area contributed by atoms with E-state index in [2.05, 4.69) is 56.7 Å². The van der Waals surface area contributed by atoms with Gasteiger partial charge < -0.3 is 10.6 Å². The van der Waals surface area contributed by atoms with E-state index in [9.17, 15) is 4.79 Å². The second kappa shape index (κ2) is 9.44. The molecule has 31 heavy (non-hydrogen) atoms. The topological polar surface area (TPSA) is 66.9 Å². The molecule has 0 fully saturated rings. The largest absolute Gasteiger partial charge is 0.354 e. The maximum Gasteiger partial charge on any atom is 0.223 e. The number of benzene rings is 2. The Hall–Kier alpha value is -3.65. The fourth-order valence-electron chi connectivity index (χ4n) is 3.95. The number of nitrogens with zero attached hydrogens (tertiary/aromatic N) is 2. The summed E-state index contributed by atoms with van der Waals surface area (Å²) in [6.07, 6.45) is 6.45. The normalized spacial score (nSPS) is 15.4. The molecular formula is C26H26N4O. The number of amides is 1. The first kappa shape index (κ1) is 20.6. The molecule has 1 aromatic heterocycles. The van der Waals surface area contributed by atoms with Crippen LogP contribution in [0.25, 0.3) is 0 Å². The van der Waals surface area contributed by atoms with Gasteiger partial charge in [0, 0.05) is 30.9 Å². The molecule has 1 aliphatic carbocycles. The fraction of sp³-hybridized carbons (Fsp3) is 0.269. The van der Waals surface area contributed by atoms with Crippen LogP contribution in [0.3, 0.4) is 0 Å². The van der Waals surface area contributed by atoms with E-state index in [0.717, 1.165) is 30.4 Å². The van der Waals surface area contributed by atoms with Gasteiger partial charge in [-0.25, -0.2) is 9.97 Å². The van der Waals surface area contributed by atoms with Crippen molar-refractivity contribution < 1.29 is 4.79 Å². The van der Waals surface area contributed by atoms with Crippen LogP contribution in [0.2, 0.25) is 0 Å². The van der Waals surface area contributed by atoms with E-state index in [4.69, 9.17) is 0 Å². The van der Waals surface area contributed by atoms with Crippen molar-refractivity contribution in [3.63, 3.8) is 0 Å². The van der Waals surface area contributed by atoms with E-state index < -0.39 is 0 Å². The monoisotopic (exact) mass is 410 g/mol. The number of carbonyl (C=O) groups is 1. The van der Waals surface area contributed by atoms with Crippen LogP contribution in [-0.4, -0.2) is 21.9 Å². The Morgan fingerprint density at radius 1 is 1.06 bits per heavy atom. The number of nitrogens with one attached hydrogen (secondary N) is 2. The SMILES string of the molecule is CC(=O)NC(C)Cc1ccc(C#Cc2cnc(N[C@H]3CCc4ccccc43)nc2)cc1. The molecule has 0 spiro atoms. The van der Waals surface area contributed by atoms with Crippen LogP contribution in [-0.2, 0) is 17.6 Å². The smallest absolute Gasteiger partial charge is 0.223 e. The molecule has 3 aromatic rings. The predicted molar refractivity (Wildman–Crippen MR) is 123 cm³/mol. The molecule has 0 radical (unpaired) electrons. The molecule has 2 atom stereocenters. The number of anilines is 1. The van der Waals surface area contributed by atoms with Crippen LogP contribution in [0.1, 0.15) is 54.1 Å². The number of hydrogen-bond donors (Lipinski definition) is 2. The lowest BCUT2D eigenvalue weighted by Crippen LogP contribution is -2.31. The van der Waals surface area contributed by atoms with Crippen molar-refractivity contribution in [2.24, 2.45) is 0 Å². The molecule has 0 saturated carbocycles. The van der Waals surface area contributed by atoms with Gasteiger partial charge in [0.2, 0.25) is 11.9 Å². The van der Waals surface area contributed by atoms with Gasteiger partial charge in [0.05, 0.1) is 11.6 Å². The maximum absolute atomic E-state index is 11.1. The summed E-state index contributed by atoms with van der Waals surface area (Å²) >= 11 is 0. The Bertz CT molecular complexity index is 1110. The Kier molecular flexibility index (Phi) is 6.28. The maximum atomic E-state index is 11.1. The molecule has 2 N–H and O–H groups in total. The molecule has 5 nitrogen and oxygen atoms in total. The first-order valence-electron chi connectivity index (χ1n) is 10.6. The third-order valence-corrected chi connectivity index (χ3v) is 5.38. The standard InChI is InChI=1S/C26H26N4O/c1-18(29-19(2)31)15-21-10-7-20(8-11-21)9-12-22-16-27-26(28-17-22)30-25-14-13-23-5-3-4-6-24(23)25/h3-8,10-11,16-18,25H,13-15H2,1-2H3,(H,29,31)(H,27,28,30)/t18?,25-/m0/s1. The molecule has 2 aromatic carbocycles. The van der Waals surface area contributed by atoms with Crippen LogP contribution in [0.5, 0.6) is 0 Å². The van der Waals surface area contributed by atoms with E-state index in [1.54, 1.807) is 12.4 Å². The van der Waals surface area contributed by atoms with Crippen molar-refractivity contribution >= 4 is 11.9 Å². The molecule has 1 unspecified atom stereocenters. The van der Waals surface area contributed by atoms with Gasteiger partial charge in [-0.1, -0.05) is 48.2 Å². The van der Waals surface area contributed by atoms with Crippen molar-refractivity contribution in [3.8, 4) is 11.8 Å². The minimum atomic E-state index is -0.00789. The van der Waals surface area contributed by atoms with Crippen LogP contribution < -0.4 is 10.6 Å². The van der Waals surface area contributed by atoms with Crippen molar-refractivity contribution in [1.82, 2.24) is 15.3 Å². The lowest BCUT2D eigenvalue weighted by molar-refractivity contribution is -0.119. The second-order valence-corrected chi connectivity index (χ2v) is 7.98. The first-order valence-corrected chi connectivity index (χ1v) is 10.6. The Morgan fingerprint density at radius 2 is 1.77 bits per heavy atom. The summed E-state index contributed by atoms with van der Waals surface area (Å²) in [5.74, 6) is 6.90. The van der Waals surface area contributed by atoms with E-state index in [1.807, 2.05) is 31.2 Å². The molecule has 1 heterocycles. The zero-order chi connectivity index (χ0) is 21.6. The third kappa shape index (κ3) is 5.49. The van der Waals surface area contributed by atoms with Gasteiger partial charge >= 0.3 is 0 Å². The van der Waals surface area contributed by atoms with Gasteiger partial charge in [-0.2, -0.15) is 0 Å².